The first-order chi connectivity index (χ1) is 12.9. The molecule has 1 atom stereocenters. The van der Waals surface area contributed by atoms with Crippen molar-refractivity contribution in [2.75, 3.05) is 12.4 Å². The highest BCUT2D eigenvalue weighted by Crippen LogP contribution is 2.37. The van der Waals surface area contributed by atoms with Crippen LogP contribution in [0.5, 0.6) is 5.88 Å². The minimum absolute atomic E-state index is 0.219. The quantitative estimate of drug-likeness (QED) is 0.804. The molecule has 0 bridgehead atoms. The zero-order valence-corrected chi connectivity index (χ0v) is 15.1. The molecular formula is C18H23F2N5O2. The van der Waals surface area contributed by atoms with Gasteiger partial charge in [0.1, 0.15) is 0 Å². The maximum atomic E-state index is 13.3. The molecule has 0 aromatic carbocycles. The van der Waals surface area contributed by atoms with Crippen LogP contribution < -0.4 is 15.8 Å². The topological polar surface area (TPSA) is 95.1 Å². The molecule has 0 saturated heterocycles. The Morgan fingerprint density at radius 3 is 2.93 bits per heavy atom. The van der Waals surface area contributed by atoms with Crippen LogP contribution in [-0.2, 0) is 11.3 Å². The molecule has 1 fully saturated rings. The summed E-state index contributed by atoms with van der Waals surface area (Å²) in [5.41, 5.74) is 7.34. The fraction of sp³-hybridized carbons (Fsp3) is 0.500. The van der Waals surface area contributed by atoms with Gasteiger partial charge in [0.05, 0.1) is 31.6 Å². The summed E-state index contributed by atoms with van der Waals surface area (Å²) in [6.45, 7) is 0.427. The summed E-state index contributed by atoms with van der Waals surface area (Å²) in [5, 5.41) is 6.92. The lowest BCUT2D eigenvalue weighted by Crippen LogP contribution is -2.44. The molecule has 0 aliphatic heterocycles. The standard InChI is InChI=1S/C18H23F2N5O2/c1-27-17-13(3-2-8-22-17)10-25-11-14(9-23-25)24-16(26)15(21)12-4-6-18(19,20)7-5-12/h2-3,8-9,11-12,15H,4-7,10,21H2,1H3,(H,24,26)/t15-/m0/s1. The molecule has 2 aromatic rings. The number of nitrogens with zero attached hydrogens (tertiary/aromatic N) is 3. The van der Waals surface area contributed by atoms with Gasteiger partial charge in [0.2, 0.25) is 17.7 Å². The van der Waals surface area contributed by atoms with Crippen molar-refractivity contribution in [2.24, 2.45) is 11.7 Å². The molecule has 1 saturated carbocycles. The molecular weight excluding hydrogens is 356 g/mol. The van der Waals surface area contributed by atoms with Crippen LogP contribution >= 0.6 is 0 Å². The number of halogens is 2. The van der Waals surface area contributed by atoms with Gasteiger partial charge >= 0.3 is 0 Å². The Bertz CT molecular complexity index is 786. The zero-order valence-electron chi connectivity index (χ0n) is 15.1. The number of nitrogens with one attached hydrogen (secondary N) is 1. The van der Waals surface area contributed by atoms with Crippen LogP contribution in [0.2, 0.25) is 0 Å². The summed E-state index contributed by atoms with van der Waals surface area (Å²) in [6, 6.07) is 2.86. The molecule has 2 heterocycles. The van der Waals surface area contributed by atoms with Gasteiger partial charge in [-0.1, -0.05) is 6.07 Å². The molecule has 3 rings (SSSR count). The Morgan fingerprint density at radius 2 is 2.22 bits per heavy atom. The van der Waals surface area contributed by atoms with Gasteiger partial charge < -0.3 is 15.8 Å². The summed E-state index contributed by atoms with van der Waals surface area (Å²) in [6.07, 6.45) is 4.89. The number of nitrogens with two attached hydrogens (primary N) is 1. The molecule has 7 nitrogen and oxygen atoms in total. The lowest BCUT2D eigenvalue weighted by atomic mass is 9.82. The molecule has 3 N–H and O–H groups in total. The minimum Gasteiger partial charge on any atom is -0.481 e. The summed E-state index contributed by atoms with van der Waals surface area (Å²) in [5.74, 6) is -2.75. The van der Waals surface area contributed by atoms with Gasteiger partial charge in [0.15, 0.2) is 0 Å². The first-order valence-electron chi connectivity index (χ1n) is 8.82. The minimum atomic E-state index is -2.64. The third-order valence-electron chi connectivity index (χ3n) is 4.85. The van der Waals surface area contributed by atoms with Gasteiger partial charge in [0.25, 0.3) is 0 Å². The number of alkyl halides is 2. The molecule has 1 aliphatic carbocycles. The maximum absolute atomic E-state index is 13.3. The SMILES string of the molecule is COc1ncccc1Cn1cc(NC(=O)[C@@H](N)C2CCC(F)(F)CC2)cn1. The molecule has 9 heteroatoms. The molecule has 0 unspecified atom stereocenters. The molecule has 2 aromatic heterocycles. The molecule has 1 amide bonds. The van der Waals surface area contributed by atoms with Crippen molar-refractivity contribution in [3.05, 3.63) is 36.3 Å². The fourth-order valence-electron chi connectivity index (χ4n) is 3.28. The number of hydrogen-bond donors (Lipinski definition) is 2. The van der Waals surface area contributed by atoms with Crippen LogP contribution in [0.4, 0.5) is 14.5 Å². The van der Waals surface area contributed by atoms with Crippen LogP contribution in [0.3, 0.4) is 0 Å². The summed E-state index contributed by atoms with van der Waals surface area (Å²) >= 11 is 0. The Kier molecular flexibility index (Phi) is 5.69. The lowest BCUT2D eigenvalue weighted by Gasteiger charge is -2.31. The summed E-state index contributed by atoms with van der Waals surface area (Å²) < 4.78 is 33.4. The average molecular weight is 379 g/mol. The maximum Gasteiger partial charge on any atom is 0.248 e. The average Bonchev–Trinajstić information content (AvgIpc) is 3.08. The van der Waals surface area contributed by atoms with E-state index < -0.39 is 12.0 Å². The van der Waals surface area contributed by atoms with E-state index in [2.05, 4.69) is 15.4 Å². The Morgan fingerprint density at radius 1 is 1.48 bits per heavy atom. The van der Waals surface area contributed by atoms with Gasteiger partial charge in [-0.05, 0) is 24.8 Å². The van der Waals surface area contributed by atoms with Crippen molar-refractivity contribution in [2.45, 2.75) is 44.2 Å². The van der Waals surface area contributed by atoms with Gasteiger partial charge in [-0.3, -0.25) is 9.48 Å². The van der Waals surface area contributed by atoms with E-state index in [-0.39, 0.29) is 37.5 Å². The van der Waals surface area contributed by atoms with Crippen LogP contribution in [0, 0.1) is 5.92 Å². The van der Waals surface area contributed by atoms with Crippen LogP contribution in [0.25, 0.3) is 0 Å². The molecule has 27 heavy (non-hydrogen) atoms. The molecule has 0 radical (unpaired) electrons. The molecule has 146 valence electrons. The van der Waals surface area contributed by atoms with Gasteiger partial charge in [-0.25, -0.2) is 13.8 Å². The number of rotatable bonds is 6. The summed E-state index contributed by atoms with van der Waals surface area (Å²) in [7, 11) is 1.54. The van der Waals surface area contributed by atoms with E-state index in [1.807, 2.05) is 6.07 Å². The van der Waals surface area contributed by atoms with E-state index in [9.17, 15) is 13.6 Å². The van der Waals surface area contributed by atoms with Crippen LogP contribution in [0.1, 0.15) is 31.2 Å². The Hall–Kier alpha value is -2.55. The van der Waals surface area contributed by atoms with Crippen molar-refractivity contribution in [1.82, 2.24) is 14.8 Å². The van der Waals surface area contributed by atoms with E-state index >= 15 is 0 Å². The van der Waals surface area contributed by atoms with E-state index in [4.69, 9.17) is 10.5 Å². The van der Waals surface area contributed by atoms with E-state index in [1.54, 1.807) is 30.3 Å². The molecule has 1 aliphatic rings. The fourth-order valence-corrected chi connectivity index (χ4v) is 3.28. The number of aromatic nitrogens is 3. The third kappa shape index (κ3) is 4.79. The van der Waals surface area contributed by atoms with E-state index in [1.165, 1.54) is 6.20 Å². The normalized spacial score (nSPS) is 18.1. The number of hydrogen-bond acceptors (Lipinski definition) is 5. The highest BCUT2D eigenvalue weighted by molar-refractivity contribution is 5.94. The predicted octanol–water partition coefficient (Wildman–Crippen LogP) is 2.43. The van der Waals surface area contributed by atoms with Crippen molar-refractivity contribution >= 4 is 11.6 Å². The van der Waals surface area contributed by atoms with Gasteiger partial charge in [-0.15, -0.1) is 0 Å². The van der Waals surface area contributed by atoms with Crippen LogP contribution in [0.15, 0.2) is 30.7 Å². The molecule has 0 spiro atoms. The lowest BCUT2D eigenvalue weighted by molar-refractivity contribution is -0.120. The number of methoxy groups -OCH3 is 1. The highest BCUT2D eigenvalue weighted by atomic mass is 19.3. The first-order valence-corrected chi connectivity index (χ1v) is 8.82. The number of pyridine rings is 1. The second kappa shape index (κ2) is 7.99. The number of anilines is 1. The second-order valence-corrected chi connectivity index (χ2v) is 6.81. The van der Waals surface area contributed by atoms with Crippen molar-refractivity contribution in [3.8, 4) is 5.88 Å². The monoisotopic (exact) mass is 379 g/mol. The Labute approximate surface area is 155 Å². The van der Waals surface area contributed by atoms with Gasteiger partial charge in [0, 0.05) is 30.8 Å². The largest absolute Gasteiger partial charge is 0.481 e. The predicted molar refractivity (Wildman–Crippen MR) is 95.6 cm³/mol. The number of ether oxygens (including phenoxy) is 1. The van der Waals surface area contributed by atoms with E-state index in [0.29, 0.717) is 18.1 Å². The number of carbonyl (C=O) groups is 1. The zero-order chi connectivity index (χ0) is 19.4. The Balaban J connectivity index is 1.58. The van der Waals surface area contributed by atoms with E-state index in [0.717, 1.165) is 5.56 Å². The second-order valence-electron chi connectivity index (χ2n) is 6.81. The van der Waals surface area contributed by atoms with Crippen molar-refractivity contribution in [3.63, 3.8) is 0 Å². The summed E-state index contributed by atoms with van der Waals surface area (Å²) in [4.78, 5) is 16.5. The number of carbonyl (C=O) groups excluding carboxylic acids is 1. The first kappa shape index (κ1) is 19.2. The van der Waals surface area contributed by atoms with Crippen molar-refractivity contribution in [1.29, 1.82) is 0 Å². The highest BCUT2D eigenvalue weighted by Gasteiger charge is 2.38. The van der Waals surface area contributed by atoms with Gasteiger partial charge in [-0.2, -0.15) is 5.10 Å². The smallest absolute Gasteiger partial charge is 0.248 e. The van der Waals surface area contributed by atoms with Crippen LogP contribution in [-0.4, -0.2) is 39.7 Å². The van der Waals surface area contributed by atoms with Crippen molar-refractivity contribution < 1.29 is 18.3 Å². The third-order valence-corrected chi connectivity index (χ3v) is 4.85. The number of amides is 1.